The maximum atomic E-state index is 12.8. The van der Waals surface area contributed by atoms with Gasteiger partial charge in [0.05, 0.1) is 6.04 Å². The molecule has 0 aromatic carbocycles. The third-order valence-electron chi connectivity index (χ3n) is 7.11. The van der Waals surface area contributed by atoms with Crippen LogP contribution in [0.15, 0.2) is 0 Å². The van der Waals surface area contributed by atoms with Crippen LogP contribution in [-0.2, 0) is 9.59 Å². The van der Waals surface area contributed by atoms with Gasteiger partial charge in [-0.05, 0) is 57.5 Å². The van der Waals surface area contributed by atoms with E-state index in [4.69, 9.17) is 0 Å². The average Bonchev–Trinajstić information content (AvgIpc) is 3.14. The summed E-state index contributed by atoms with van der Waals surface area (Å²) >= 11 is 0. The van der Waals surface area contributed by atoms with Gasteiger partial charge in [-0.2, -0.15) is 0 Å². The first-order valence-corrected chi connectivity index (χ1v) is 10.4. The molecule has 0 aromatic heterocycles. The summed E-state index contributed by atoms with van der Waals surface area (Å²) in [7, 11) is 0. The highest BCUT2D eigenvalue weighted by Gasteiger charge is 2.44. The van der Waals surface area contributed by atoms with Crippen LogP contribution in [0.2, 0.25) is 0 Å². The third kappa shape index (κ3) is 4.36. The summed E-state index contributed by atoms with van der Waals surface area (Å²) in [6.45, 7) is 5.36. The summed E-state index contributed by atoms with van der Waals surface area (Å²) in [5.41, 5.74) is 0. The van der Waals surface area contributed by atoms with Gasteiger partial charge in [-0.25, -0.2) is 0 Å². The largest absolute Gasteiger partial charge is 0.351 e. The molecule has 2 aliphatic carbocycles. The van der Waals surface area contributed by atoms with Crippen molar-refractivity contribution in [3.8, 4) is 0 Å². The van der Waals surface area contributed by atoms with E-state index in [-0.39, 0.29) is 36.2 Å². The van der Waals surface area contributed by atoms with Gasteiger partial charge in [-0.3, -0.25) is 9.59 Å². The molecule has 2 heterocycles. The zero-order valence-electron chi connectivity index (χ0n) is 16.0. The second-order valence-corrected chi connectivity index (χ2v) is 8.79. The van der Waals surface area contributed by atoms with Crippen molar-refractivity contribution in [3.05, 3.63) is 0 Å². The van der Waals surface area contributed by atoms with Gasteiger partial charge in [-0.15, -0.1) is 12.4 Å². The molecule has 1 N–H and O–H groups in total. The first kappa shape index (κ1) is 19.9. The van der Waals surface area contributed by atoms with Crippen molar-refractivity contribution in [2.45, 2.75) is 70.4 Å². The van der Waals surface area contributed by atoms with E-state index in [9.17, 15) is 9.59 Å². The molecular formula is C20H34ClN3O2. The Hall–Kier alpha value is -0.810. The number of carbonyl (C=O) groups is 2. The number of halogens is 1. The summed E-state index contributed by atoms with van der Waals surface area (Å²) in [6, 6.07) is 0.957. The molecule has 2 saturated heterocycles. The van der Waals surface area contributed by atoms with E-state index in [2.05, 4.69) is 10.2 Å². The molecule has 0 unspecified atom stereocenters. The van der Waals surface area contributed by atoms with Crippen molar-refractivity contribution >= 4 is 24.2 Å². The first-order valence-electron chi connectivity index (χ1n) is 10.4. The number of likely N-dealkylation sites (tertiary alicyclic amines) is 2. The molecule has 2 aliphatic heterocycles. The lowest BCUT2D eigenvalue weighted by molar-refractivity contribution is -0.129. The molecule has 26 heavy (non-hydrogen) atoms. The molecular weight excluding hydrogens is 350 g/mol. The standard InChI is InChI=1S/C20H33N3O2.ClH/c1-14(24)23-12-18(15-6-7-15)19(13-23)21-20(25)16-8-10-22(11-9-16)17-4-2-3-5-17;/h15-19H,2-13H2,1H3,(H,21,25);1H/t18-,19+;/m1./s1. The highest BCUT2D eigenvalue weighted by atomic mass is 35.5. The minimum absolute atomic E-state index is 0. The number of nitrogens with one attached hydrogen (secondary N) is 1. The third-order valence-corrected chi connectivity index (χ3v) is 7.11. The van der Waals surface area contributed by atoms with Crippen LogP contribution in [0.4, 0.5) is 0 Å². The Bertz CT molecular complexity index is 511. The predicted molar refractivity (Wildman–Crippen MR) is 104 cm³/mol. The number of rotatable bonds is 4. The number of amides is 2. The molecule has 2 saturated carbocycles. The summed E-state index contributed by atoms with van der Waals surface area (Å²) in [6.07, 6.45) is 9.99. The van der Waals surface area contributed by atoms with Crippen LogP contribution in [0.1, 0.15) is 58.3 Å². The summed E-state index contributed by atoms with van der Waals surface area (Å²) in [4.78, 5) is 29.1. The Kier molecular flexibility index (Phi) is 6.50. The molecule has 148 valence electrons. The van der Waals surface area contributed by atoms with Crippen LogP contribution in [0.3, 0.4) is 0 Å². The monoisotopic (exact) mass is 383 g/mol. The zero-order valence-corrected chi connectivity index (χ0v) is 16.8. The second-order valence-electron chi connectivity index (χ2n) is 8.79. The van der Waals surface area contributed by atoms with E-state index < -0.39 is 0 Å². The lowest BCUT2D eigenvalue weighted by Gasteiger charge is -2.36. The van der Waals surface area contributed by atoms with Crippen molar-refractivity contribution in [2.24, 2.45) is 17.8 Å². The van der Waals surface area contributed by atoms with E-state index in [0.29, 0.717) is 12.5 Å². The SMILES string of the molecule is CC(=O)N1C[C@H](NC(=O)C2CCN(C3CCCC3)CC2)[C@@H](C2CC2)C1.Cl. The molecule has 4 fully saturated rings. The van der Waals surface area contributed by atoms with Crippen molar-refractivity contribution in [2.75, 3.05) is 26.2 Å². The van der Waals surface area contributed by atoms with Gasteiger partial charge in [0.25, 0.3) is 0 Å². The Labute approximate surface area is 163 Å². The smallest absolute Gasteiger partial charge is 0.223 e. The van der Waals surface area contributed by atoms with E-state index in [0.717, 1.165) is 44.4 Å². The van der Waals surface area contributed by atoms with Crippen molar-refractivity contribution in [1.29, 1.82) is 0 Å². The maximum absolute atomic E-state index is 12.8. The molecule has 0 radical (unpaired) electrons. The highest BCUT2D eigenvalue weighted by molar-refractivity contribution is 5.85. The van der Waals surface area contributed by atoms with Gasteiger partial charge in [0.1, 0.15) is 0 Å². The fourth-order valence-electron chi connectivity index (χ4n) is 5.34. The van der Waals surface area contributed by atoms with Gasteiger partial charge in [0.2, 0.25) is 11.8 Å². The minimum atomic E-state index is 0. The van der Waals surface area contributed by atoms with E-state index in [1.165, 1.54) is 38.5 Å². The predicted octanol–water partition coefficient (Wildman–Crippen LogP) is 2.44. The van der Waals surface area contributed by atoms with Crippen LogP contribution >= 0.6 is 12.4 Å². The van der Waals surface area contributed by atoms with Crippen LogP contribution in [-0.4, -0.2) is 59.9 Å². The van der Waals surface area contributed by atoms with Gasteiger partial charge in [0.15, 0.2) is 0 Å². The fourth-order valence-corrected chi connectivity index (χ4v) is 5.34. The fraction of sp³-hybridized carbons (Fsp3) is 0.900. The number of carbonyl (C=O) groups excluding carboxylic acids is 2. The molecule has 0 aromatic rings. The normalized spacial score (nSPS) is 31.0. The molecule has 4 rings (SSSR count). The van der Waals surface area contributed by atoms with Crippen molar-refractivity contribution in [3.63, 3.8) is 0 Å². The van der Waals surface area contributed by atoms with Crippen LogP contribution in [0.5, 0.6) is 0 Å². The topological polar surface area (TPSA) is 52.7 Å². The van der Waals surface area contributed by atoms with E-state index >= 15 is 0 Å². The van der Waals surface area contributed by atoms with Crippen molar-refractivity contribution in [1.82, 2.24) is 15.1 Å². The molecule has 0 spiro atoms. The molecule has 5 nitrogen and oxygen atoms in total. The maximum Gasteiger partial charge on any atom is 0.223 e. The summed E-state index contributed by atoms with van der Waals surface area (Å²) < 4.78 is 0. The van der Waals surface area contributed by atoms with Crippen LogP contribution in [0.25, 0.3) is 0 Å². The van der Waals surface area contributed by atoms with Gasteiger partial charge < -0.3 is 15.1 Å². The number of nitrogens with zero attached hydrogens (tertiary/aromatic N) is 2. The molecule has 2 atom stereocenters. The van der Waals surface area contributed by atoms with Gasteiger partial charge in [0, 0.05) is 37.9 Å². The first-order chi connectivity index (χ1) is 12.1. The van der Waals surface area contributed by atoms with Crippen LogP contribution in [0, 0.1) is 17.8 Å². The summed E-state index contributed by atoms with van der Waals surface area (Å²) in [5, 5.41) is 3.34. The minimum Gasteiger partial charge on any atom is -0.351 e. The quantitative estimate of drug-likeness (QED) is 0.811. The molecule has 2 amide bonds. The lowest BCUT2D eigenvalue weighted by atomic mass is 9.92. The Morgan fingerprint density at radius 3 is 2.15 bits per heavy atom. The second kappa shape index (κ2) is 8.47. The van der Waals surface area contributed by atoms with E-state index in [1.807, 2.05) is 4.90 Å². The number of hydrogen-bond acceptors (Lipinski definition) is 3. The Morgan fingerprint density at radius 1 is 0.923 bits per heavy atom. The lowest BCUT2D eigenvalue weighted by Crippen LogP contribution is -2.48. The number of piperidine rings is 1. The Balaban J connectivity index is 0.00000196. The van der Waals surface area contributed by atoms with Crippen molar-refractivity contribution < 1.29 is 9.59 Å². The molecule has 6 heteroatoms. The van der Waals surface area contributed by atoms with Gasteiger partial charge in [-0.1, -0.05) is 12.8 Å². The van der Waals surface area contributed by atoms with Gasteiger partial charge >= 0.3 is 0 Å². The highest BCUT2D eigenvalue weighted by Crippen LogP contribution is 2.41. The summed E-state index contributed by atoms with van der Waals surface area (Å²) in [5.74, 6) is 1.76. The average molecular weight is 384 g/mol. The Morgan fingerprint density at radius 2 is 1.58 bits per heavy atom. The number of hydrogen-bond donors (Lipinski definition) is 1. The molecule has 0 bridgehead atoms. The molecule has 4 aliphatic rings. The van der Waals surface area contributed by atoms with E-state index in [1.54, 1.807) is 6.92 Å². The van der Waals surface area contributed by atoms with Crippen LogP contribution < -0.4 is 5.32 Å². The zero-order chi connectivity index (χ0) is 17.4.